The fraction of sp³-hybridized carbons (Fsp3) is 1.00. The van der Waals surface area contributed by atoms with Crippen molar-refractivity contribution in [3.05, 3.63) is 0 Å². The van der Waals surface area contributed by atoms with Gasteiger partial charge in [0.2, 0.25) is 0 Å². The second-order valence-electron chi connectivity index (χ2n) is 7.62. The van der Waals surface area contributed by atoms with Gasteiger partial charge in [0.15, 0.2) is 0 Å². The molecule has 0 radical (unpaired) electrons. The van der Waals surface area contributed by atoms with Gasteiger partial charge in [0.25, 0.3) is 0 Å². The summed E-state index contributed by atoms with van der Waals surface area (Å²) in [7, 11) is 1.85. The topological polar surface area (TPSA) is 47.3 Å². The SMILES string of the molecule is COC1(C(CCCC(C)(C)C)NN)CCC(C)CC1. The van der Waals surface area contributed by atoms with Crippen molar-refractivity contribution in [3.8, 4) is 0 Å². The maximum absolute atomic E-state index is 5.92. The quantitative estimate of drug-likeness (QED) is 0.572. The number of hydrogen-bond acceptors (Lipinski definition) is 3. The van der Waals surface area contributed by atoms with Gasteiger partial charge < -0.3 is 4.74 Å². The van der Waals surface area contributed by atoms with Crippen LogP contribution in [0.5, 0.6) is 0 Å². The number of hydrazine groups is 1. The highest BCUT2D eigenvalue weighted by molar-refractivity contribution is 4.95. The Kier molecular flexibility index (Phi) is 6.28. The summed E-state index contributed by atoms with van der Waals surface area (Å²) in [6.45, 7) is 9.23. The first-order valence-electron chi connectivity index (χ1n) is 7.84. The molecule has 1 atom stereocenters. The molecule has 19 heavy (non-hydrogen) atoms. The molecule has 114 valence electrons. The lowest BCUT2D eigenvalue weighted by molar-refractivity contribution is -0.0772. The number of ether oxygens (including phenoxy) is 1. The van der Waals surface area contributed by atoms with Gasteiger partial charge in [-0.25, -0.2) is 0 Å². The number of rotatable bonds is 6. The standard InChI is InChI=1S/C16H34N2O/c1-13-8-11-16(19-5,12-9-13)14(18-17)7-6-10-15(2,3)4/h13-14,18H,6-12,17H2,1-5H3. The summed E-state index contributed by atoms with van der Waals surface area (Å²) in [5.74, 6) is 6.65. The zero-order valence-electron chi connectivity index (χ0n) is 13.6. The third-order valence-corrected chi connectivity index (χ3v) is 4.78. The van der Waals surface area contributed by atoms with Gasteiger partial charge in [0, 0.05) is 7.11 Å². The van der Waals surface area contributed by atoms with Gasteiger partial charge in [-0.1, -0.05) is 34.1 Å². The van der Waals surface area contributed by atoms with Crippen molar-refractivity contribution in [1.82, 2.24) is 5.43 Å². The van der Waals surface area contributed by atoms with Crippen LogP contribution in [0.1, 0.15) is 72.6 Å². The van der Waals surface area contributed by atoms with E-state index >= 15 is 0 Å². The average molecular weight is 270 g/mol. The predicted molar refractivity (Wildman–Crippen MR) is 81.8 cm³/mol. The van der Waals surface area contributed by atoms with E-state index in [4.69, 9.17) is 10.6 Å². The molecule has 1 saturated carbocycles. The highest BCUT2D eigenvalue weighted by atomic mass is 16.5. The summed E-state index contributed by atoms with van der Waals surface area (Å²) in [4.78, 5) is 0. The van der Waals surface area contributed by atoms with Gasteiger partial charge >= 0.3 is 0 Å². The summed E-state index contributed by atoms with van der Waals surface area (Å²) < 4.78 is 5.92. The van der Waals surface area contributed by atoms with Crippen LogP contribution in [0.2, 0.25) is 0 Å². The molecule has 0 saturated heterocycles. The Bertz CT molecular complexity index is 252. The number of nitrogens with one attached hydrogen (secondary N) is 1. The maximum Gasteiger partial charge on any atom is 0.0844 e. The largest absolute Gasteiger partial charge is 0.377 e. The van der Waals surface area contributed by atoms with E-state index in [2.05, 4.69) is 33.1 Å². The van der Waals surface area contributed by atoms with E-state index in [0.29, 0.717) is 5.41 Å². The summed E-state index contributed by atoms with van der Waals surface area (Å²) in [5, 5.41) is 0. The van der Waals surface area contributed by atoms with Crippen LogP contribution in [0.15, 0.2) is 0 Å². The van der Waals surface area contributed by atoms with Gasteiger partial charge in [-0.15, -0.1) is 0 Å². The van der Waals surface area contributed by atoms with Crippen LogP contribution in [-0.4, -0.2) is 18.8 Å². The maximum atomic E-state index is 5.92. The predicted octanol–water partition coefficient (Wildman–Crippen LogP) is 3.63. The van der Waals surface area contributed by atoms with Crippen LogP contribution in [0.25, 0.3) is 0 Å². The van der Waals surface area contributed by atoms with Gasteiger partial charge in [0.1, 0.15) is 0 Å². The third kappa shape index (κ3) is 5.05. The second-order valence-corrected chi connectivity index (χ2v) is 7.62. The van der Waals surface area contributed by atoms with Gasteiger partial charge in [-0.05, 0) is 49.9 Å². The normalized spacial score (nSPS) is 30.3. The van der Waals surface area contributed by atoms with E-state index < -0.39 is 0 Å². The monoisotopic (exact) mass is 270 g/mol. The lowest BCUT2D eigenvalue weighted by Gasteiger charge is -2.44. The first-order chi connectivity index (χ1) is 8.83. The van der Waals surface area contributed by atoms with Crippen molar-refractivity contribution in [1.29, 1.82) is 0 Å². The molecular formula is C16H34N2O. The van der Waals surface area contributed by atoms with Crippen LogP contribution < -0.4 is 11.3 Å². The van der Waals surface area contributed by atoms with Crippen molar-refractivity contribution in [3.63, 3.8) is 0 Å². The lowest BCUT2D eigenvalue weighted by Crippen LogP contribution is -2.56. The Morgan fingerprint density at radius 2 is 1.89 bits per heavy atom. The van der Waals surface area contributed by atoms with Crippen LogP contribution >= 0.6 is 0 Å². The second kappa shape index (κ2) is 7.05. The van der Waals surface area contributed by atoms with Crippen LogP contribution in [0, 0.1) is 11.3 Å². The highest BCUT2D eigenvalue weighted by Crippen LogP contribution is 2.38. The molecule has 1 aliphatic carbocycles. The Labute approximate surface area is 119 Å². The van der Waals surface area contributed by atoms with E-state index in [1.54, 1.807) is 0 Å². The van der Waals surface area contributed by atoms with Crippen LogP contribution in [0.4, 0.5) is 0 Å². The Hall–Kier alpha value is -0.120. The van der Waals surface area contributed by atoms with Crippen LogP contribution in [0.3, 0.4) is 0 Å². The fourth-order valence-corrected chi connectivity index (χ4v) is 3.28. The summed E-state index contributed by atoms with van der Waals surface area (Å²) >= 11 is 0. The Morgan fingerprint density at radius 3 is 2.32 bits per heavy atom. The summed E-state index contributed by atoms with van der Waals surface area (Å²) in [6.07, 6.45) is 8.33. The molecule has 0 amide bonds. The van der Waals surface area contributed by atoms with E-state index in [1.165, 1.54) is 25.7 Å². The molecular weight excluding hydrogens is 236 g/mol. The van der Waals surface area contributed by atoms with Gasteiger partial charge in [0.05, 0.1) is 11.6 Å². The Morgan fingerprint density at radius 1 is 1.32 bits per heavy atom. The molecule has 1 unspecified atom stereocenters. The molecule has 0 aromatic rings. The molecule has 0 aromatic heterocycles. The van der Waals surface area contributed by atoms with E-state index in [0.717, 1.165) is 25.2 Å². The molecule has 0 spiro atoms. The zero-order valence-corrected chi connectivity index (χ0v) is 13.6. The molecule has 3 N–H and O–H groups in total. The number of hydrogen-bond donors (Lipinski definition) is 2. The van der Waals surface area contributed by atoms with Crippen molar-refractivity contribution < 1.29 is 4.74 Å². The smallest absolute Gasteiger partial charge is 0.0844 e. The van der Waals surface area contributed by atoms with E-state index in [9.17, 15) is 0 Å². The molecule has 0 aliphatic heterocycles. The van der Waals surface area contributed by atoms with Crippen molar-refractivity contribution in [2.24, 2.45) is 17.2 Å². The minimum Gasteiger partial charge on any atom is -0.377 e. The van der Waals surface area contributed by atoms with Crippen LogP contribution in [-0.2, 0) is 4.74 Å². The molecule has 3 nitrogen and oxygen atoms in total. The highest BCUT2D eigenvalue weighted by Gasteiger charge is 2.40. The first kappa shape index (κ1) is 16.9. The molecule has 3 heteroatoms. The molecule has 0 aromatic carbocycles. The summed E-state index contributed by atoms with van der Waals surface area (Å²) in [6, 6.07) is 0.285. The molecule has 0 bridgehead atoms. The Balaban J connectivity index is 2.55. The number of nitrogens with two attached hydrogens (primary N) is 1. The minimum absolute atomic E-state index is 0.0425. The zero-order chi connectivity index (χ0) is 14.5. The summed E-state index contributed by atoms with van der Waals surface area (Å²) in [5.41, 5.74) is 3.40. The fourth-order valence-electron chi connectivity index (χ4n) is 3.28. The van der Waals surface area contributed by atoms with Crippen molar-refractivity contribution in [2.75, 3.05) is 7.11 Å². The van der Waals surface area contributed by atoms with E-state index in [-0.39, 0.29) is 11.6 Å². The van der Waals surface area contributed by atoms with E-state index in [1.807, 2.05) is 7.11 Å². The molecule has 0 heterocycles. The van der Waals surface area contributed by atoms with Gasteiger partial charge in [-0.2, -0.15) is 0 Å². The number of methoxy groups -OCH3 is 1. The lowest BCUT2D eigenvalue weighted by atomic mass is 9.74. The molecule has 1 fully saturated rings. The average Bonchev–Trinajstić information content (AvgIpc) is 2.35. The molecule has 1 aliphatic rings. The third-order valence-electron chi connectivity index (χ3n) is 4.78. The van der Waals surface area contributed by atoms with Gasteiger partial charge in [-0.3, -0.25) is 11.3 Å². The minimum atomic E-state index is -0.0425. The first-order valence-corrected chi connectivity index (χ1v) is 7.84. The van der Waals surface area contributed by atoms with Crippen molar-refractivity contribution >= 4 is 0 Å². The molecule has 1 rings (SSSR count). The van der Waals surface area contributed by atoms with Crippen molar-refractivity contribution in [2.45, 2.75) is 84.3 Å².